The molecule has 0 aliphatic carbocycles. The third-order valence-corrected chi connectivity index (χ3v) is 3.80. The summed E-state index contributed by atoms with van der Waals surface area (Å²) in [6, 6.07) is -0.144. The summed E-state index contributed by atoms with van der Waals surface area (Å²) in [4.78, 5) is 26.8. The van der Waals surface area contributed by atoms with Gasteiger partial charge in [-0.15, -0.1) is 0 Å². The topological polar surface area (TPSA) is 82.1 Å². The summed E-state index contributed by atoms with van der Waals surface area (Å²) in [5.74, 6) is -0.716. The van der Waals surface area contributed by atoms with Crippen molar-refractivity contribution in [1.29, 1.82) is 0 Å². The molecular formula is C14H27N3O4. The van der Waals surface area contributed by atoms with E-state index >= 15 is 0 Å². The smallest absolute Gasteiger partial charge is 0.304 e. The highest BCUT2D eigenvalue weighted by molar-refractivity contribution is 5.81. The second-order valence-corrected chi connectivity index (χ2v) is 5.33. The fraction of sp³-hybridized carbons (Fsp3) is 0.857. The Bertz CT molecular complexity index is 330. The lowest BCUT2D eigenvalue weighted by molar-refractivity contribution is -0.137. The molecule has 122 valence electrons. The number of hydrogen-bond acceptors (Lipinski definition) is 5. The maximum absolute atomic E-state index is 12.0. The molecule has 1 rings (SSSR count). The lowest BCUT2D eigenvalue weighted by Crippen LogP contribution is -2.54. The molecule has 1 amide bonds. The summed E-state index contributed by atoms with van der Waals surface area (Å²) >= 11 is 0. The van der Waals surface area contributed by atoms with Gasteiger partial charge >= 0.3 is 5.97 Å². The third-order valence-electron chi connectivity index (χ3n) is 3.80. The summed E-state index contributed by atoms with van der Waals surface area (Å²) in [5, 5.41) is 11.6. The standard InChI is InChI=1S/C14H27N3O4/c1-12(14(20)15-5-3-11-21-2)17-9-7-16(8-10-17)6-4-13(18)19/h12H,3-11H2,1-2H3,(H,15,20)(H,18,19)/t12-/m0/s1. The molecule has 0 radical (unpaired) electrons. The summed E-state index contributed by atoms with van der Waals surface area (Å²) in [7, 11) is 1.65. The van der Waals surface area contributed by atoms with E-state index in [0.717, 1.165) is 32.6 Å². The van der Waals surface area contributed by atoms with E-state index in [-0.39, 0.29) is 18.4 Å². The number of hydrogen-bond donors (Lipinski definition) is 2. The van der Waals surface area contributed by atoms with Crippen LogP contribution in [-0.4, -0.2) is 85.8 Å². The van der Waals surface area contributed by atoms with Crippen LogP contribution in [0.25, 0.3) is 0 Å². The van der Waals surface area contributed by atoms with Gasteiger partial charge in [-0.25, -0.2) is 0 Å². The van der Waals surface area contributed by atoms with Crippen molar-refractivity contribution in [2.75, 3.05) is 53.0 Å². The van der Waals surface area contributed by atoms with Crippen molar-refractivity contribution in [3.8, 4) is 0 Å². The molecule has 1 saturated heterocycles. The zero-order valence-corrected chi connectivity index (χ0v) is 13.0. The Balaban J connectivity index is 2.22. The molecule has 1 fully saturated rings. The van der Waals surface area contributed by atoms with Crippen molar-refractivity contribution < 1.29 is 19.4 Å². The first-order valence-corrected chi connectivity index (χ1v) is 7.49. The molecule has 0 aromatic carbocycles. The minimum Gasteiger partial charge on any atom is -0.481 e. The van der Waals surface area contributed by atoms with Crippen molar-refractivity contribution >= 4 is 11.9 Å². The first-order chi connectivity index (χ1) is 10.0. The molecule has 1 atom stereocenters. The van der Waals surface area contributed by atoms with Gasteiger partial charge in [-0.1, -0.05) is 0 Å². The van der Waals surface area contributed by atoms with Gasteiger partial charge in [0.1, 0.15) is 0 Å². The van der Waals surface area contributed by atoms with E-state index in [0.29, 0.717) is 19.7 Å². The number of amides is 1. The van der Waals surface area contributed by atoms with Crippen LogP contribution in [-0.2, 0) is 14.3 Å². The predicted octanol–water partition coefficient (Wildman–Crippen LogP) is -0.380. The maximum atomic E-state index is 12.0. The minimum absolute atomic E-state index is 0.0464. The van der Waals surface area contributed by atoms with Gasteiger partial charge in [-0.2, -0.15) is 0 Å². The Kier molecular flexibility index (Phi) is 8.26. The number of carboxylic acid groups (broad SMARTS) is 1. The van der Waals surface area contributed by atoms with Crippen LogP contribution in [0.2, 0.25) is 0 Å². The number of carboxylic acids is 1. The molecular weight excluding hydrogens is 274 g/mol. The number of carbonyl (C=O) groups excluding carboxylic acids is 1. The predicted molar refractivity (Wildman–Crippen MR) is 79.2 cm³/mol. The van der Waals surface area contributed by atoms with Crippen molar-refractivity contribution in [3.05, 3.63) is 0 Å². The van der Waals surface area contributed by atoms with Crippen molar-refractivity contribution in [2.24, 2.45) is 0 Å². The molecule has 0 saturated carbocycles. The molecule has 0 aromatic heterocycles. The number of nitrogens with zero attached hydrogens (tertiary/aromatic N) is 2. The fourth-order valence-corrected chi connectivity index (χ4v) is 2.37. The quantitative estimate of drug-likeness (QED) is 0.565. The van der Waals surface area contributed by atoms with E-state index in [1.807, 2.05) is 6.92 Å². The summed E-state index contributed by atoms with van der Waals surface area (Å²) in [6.07, 6.45) is 0.994. The number of ether oxygens (including phenoxy) is 1. The Labute approximate surface area is 126 Å². The third kappa shape index (κ3) is 6.88. The van der Waals surface area contributed by atoms with Crippen LogP contribution < -0.4 is 5.32 Å². The summed E-state index contributed by atoms with van der Waals surface area (Å²) < 4.78 is 4.94. The number of rotatable bonds is 9. The Morgan fingerprint density at radius 1 is 1.29 bits per heavy atom. The molecule has 21 heavy (non-hydrogen) atoms. The minimum atomic E-state index is -0.763. The second-order valence-electron chi connectivity index (χ2n) is 5.33. The van der Waals surface area contributed by atoms with Crippen molar-refractivity contribution in [2.45, 2.75) is 25.8 Å². The van der Waals surface area contributed by atoms with Gasteiger partial charge in [0.05, 0.1) is 12.5 Å². The monoisotopic (exact) mass is 301 g/mol. The first kappa shape index (κ1) is 17.9. The molecule has 0 aromatic rings. The van der Waals surface area contributed by atoms with Crippen molar-refractivity contribution in [1.82, 2.24) is 15.1 Å². The van der Waals surface area contributed by atoms with Gasteiger partial charge in [0.15, 0.2) is 0 Å². The summed E-state index contributed by atoms with van der Waals surface area (Å²) in [5.41, 5.74) is 0. The molecule has 7 heteroatoms. The van der Waals surface area contributed by atoms with E-state index in [9.17, 15) is 9.59 Å². The van der Waals surface area contributed by atoms with Crippen LogP contribution >= 0.6 is 0 Å². The number of piperazine rings is 1. The first-order valence-electron chi connectivity index (χ1n) is 7.49. The van der Waals surface area contributed by atoms with Gasteiger partial charge in [-0.3, -0.25) is 14.5 Å². The number of aliphatic carboxylic acids is 1. The van der Waals surface area contributed by atoms with Gasteiger partial charge in [0, 0.05) is 53.0 Å². The van der Waals surface area contributed by atoms with Gasteiger partial charge in [-0.05, 0) is 13.3 Å². The number of carbonyl (C=O) groups is 2. The van der Waals surface area contributed by atoms with E-state index in [4.69, 9.17) is 9.84 Å². The van der Waals surface area contributed by atoms with Gasteiger partial charge in [0.2, 0.25) is 5.91 Å². The highest BCUT2D eigenvalue weighted by atomic mass is 16.5. The molecule has 7 nitrogen and oxygen atoms in total. The van der Waals surface area contributed by atoms with Crippen LogP contribution in [0.4, 0.5) is 0 Å². The zero-order chi connectivity index (χ0) is 15.7. The lowest BCUT2D eigenvalue weighted by Gasteiger charge is -2.37. The van der Waals surface area contributed by atoms with Crippen LogP contribution in [0, 0.1) is 0 Å². The van der Waals surface area contributed by atoms with Crippen LogP contribution in [0.1, 0.15) is 19.8 Å². The lowest BCUT2D eigenvalue weighted by atomic mass is 10.2. The van der Waals surface area contributed by atoms with E-state index in [1.54, 1.807) is 7.11 Å². The van der Waals surface area contributed by atoms with E-state index in [1.165, 1.54) is 0 Å². The average Bonchev–Trinajstić information content (AvgIpc) is 2.49. The van der Waals surface area contributed by atoms with Crippen LogP contribution in [0.3, 0.4) is 0 Å². The summed E-state index contributed by atoms with van der Waals surface area (Å²) in [6.45, 7) is 7.01. The molecule has 2 N–H and O–H groups in total. The molecule has 1 aliphatic heterocycles. The highest BCUT2D eigenvalue weighted by Gasteiger charge is 2.25. The van der Waals surface area contributed by atoms with Crippen LogP contribution in [0.15, 0.2) is 0 Å². The maximum Gasteiger partial charge on any atom is 0.304 e. The molecule has 0 bridgehead atoms. The average molecular weight is 301 g/mol. The molecule has 1 aliphatic rings. The Morgan fingerprint density at radius 2 is 1.95 bits per heavy atom. The Morgan fingerprint density at radius 3 is 2.52 bits per heavy atom. The van der Waals surface area contributed by atoms with Crippen molar-refractivity contribution in [3.63, 3.8) is 0 Å². The fourth-order valence-electron chi connectivity index (χ4n) is 2.37. The second kappa shape index (κ2) is 9.70. The normalized spacial score (nSPS) is 18.4. The molecule has 1 heterocycles. The van der Waals surface area contributed by atoms with E-state index < -0.39 is 5.97 Å². The Hall–Kier alpha value is -1.18. The highest BCUT2D eigenvalue weighted by Crippen LogP contribution is 2.07. The largest absolute Gasteiger partial charge is 0.481 e. The zero-order valence-electron chi connectivity index (χ0n) is 13.0. The van der Waals surface area contributed by atoms with E-state index in [2.05, 4.69) is 15.1 Å². The molecule has 0 spiro atoms. The SMILES string of the molecule is COCCCNC(=O)[C@H](C)N1CCN(CCC(=O)O)CC1. The molecule has 0 unspecified atom stereocenters. The van der Waals surface area contributed by atoms with Gasteiger partial charge < -0.3 is 20.1 Å². The number of nitrogens with one attached hydrogen (secondary N) is 1. The van der Waals surface area contributed by atoms with Gasteiger partial charge in [0.25, 0.3) is 0 Å². The number of methoxy groups -OCH3 is 1. The van der Waals surface area contributed by atoms with Crippen LogP contribution in [0.5, 0.6) is 0 Å².